The van der Waals surface area contributed by atoms with Crippen molar-refractivity contribution in [1.29, 1.82) is 0 Å². The summed E-state index contributed by atoms with van der Waals surface area (Å²) >= 11 is 0. The monoisotopic (exact) mass is 370 g/mol. The number of carbonyl (C=O) groups is 2. The highest BCUT2D eigenvalue weighted by Gasteiger charge is 2.24. The summed E-state index contributed by atoms with van der Waals surface area (Å²) in [5, 5.41) is 0. The van der Waals surface area contributed by atoms with Crippen molar-refractivity contribution in [1.82, 2.24) is 9.13 Å². The fourth-order valence-corrected chi connectivity index (χ4v) is 2.96. The number of nitrogens with zero attached hydrogens (tertiary/aromatic N) is 2. The van der Waals surface area contributed by atoms with Crippen molar-refractivity contribution in [3.8, 4) is 0 Å². The number of rotatable bonds is 4. The van der Waals surface area contributed by atoms with Gasteiger partial charge in [0.25, 0.3) is 11.5 Å². The molecule has 1 aliphatic carbocycles. The first-order valence-corrected chi connectivity index (χ1v) is 8.34. The van der Waals surface area contributed by atoms with Gasteiger partial charge >= 0.3 is 11.8 Å². The van der Waals surface area contributed by atoms with Crippen molar-refractivity contribution >= 4 is 12.1 Å². The van der Waals surface area contributed by atoms with Crippen LogP contribution in [0.1, 0.15) is 22.8 Å². The predicted octanol–water partition coefficient (Wildman–Crippen LogP) is 1.60. The number of benzene rings is 1. The lowest BCUT2D eigenvalue weighted by atomic mass is 10.1. The number of allylic oxidation sites excluding steroid dienone is 1. The second-order valence-corrected chi connectivity index (χ2v) is 6.06. The van der Waals surface area contributed by atoms with Crippen LogP contribution in [0.2, 0.25) is 0 Å². The summed E-state index contributed by atoms with van der Waals surface area (Å²) in [6.45, 7) is 0.122. The minimum atomic E-state index is -0.772. The van der Waals surface area contributed by atoms with Gasteiger partial charge in [-0.2, -0.15) is 4.57 Å². The number of hydrogen-bond acceptors (Lipinski definition) is 6. The zero-order chi connectivity index (χ0) is 19.4. The van der Waals surface area contributed by atoms with E-state index in [0.29, 0.717) is 11.0 Å². The van der Waals surface area contributed by atoms with Gasteiger partial charge in [-0.25, -0.2) is 9.59 Å². The Hall–Kier alpha value is -3.42. The summed E-state index contributed by atoms with van der Waals surface area (Å²) in [5.74, 6) is -0.765. The molecule has 2 aromatic rings. The molecular weight excluding hydrogens is 352 g/mol. The molecule has 140 valence electrons. The van der Waals surface area contributed by atoms with Crippen LogP contribution in [-0.4, -0.2) is 34.9 Å². The Morgan fingerprint density at radius 3 is 2.56 bits per heavy atom. The minimum Gasteiger partial charge on any atom is -0.438 e. The molecule has 8 nitrogen and oxygen atoms in total. The molecule has 0 unspecified atom stereocenters. The van der Waals surface area contributed by atoms with E-state index in [2.05, 4.69) is 4.74 Å². The standard InChI is InChI=1S/C19H18N2O6/c1-26-19(25)27-12-13-7-8-15(11-13)20-10-9-16(22)21(18(20)24)17(23)14-5-3-2-4-6-14/h2-10,13,15H,11-12H2,1H3/t13-,15+/m1/s1. The zero-order valence-electron chi connectivity index (χ0n) is 14.6. The minimum absolute atomic E-state index is 0.0915. The number of carbonyl (C=O) groups excluding carboxylic acids is 2. The first-order valence-electron chi connectivity index (χ1n) is 8.34. The molecule has 0 radical (unpaired) electrons. The van der Waals surface area contributed by atoms with Crippen molar-refractivity contribution in [2.24, 2.45) is 5.92 Å². The Balaban J connectivity index is 1.84. The molecule has 27 heavy (non-hydrogen) atoms. The molecule has 0 spiro atoms. The highest BCUT2D eigenvalue weighted by Crippen LogP contribution is 2.26. The van der Waals surface area contributed by atoms with Crippen molar-refractivity contribution < 1.29 is 19.1 Å². The predicted molar refractivity (Wildman–Crippen MR) is 95.8 cm³/mol. The molecule has 1 aliphatic rings. The van der Waals surface area contributed by atoms with Crippen LogP contribution in [0.4, 0.5) is 4.79 Å². The van der Waals surface area contributed by atoms with Gasteiger partial charge in [0.1, 0.15) is 6.61 Å². The van der Waals surface area contributed by atoms with Crippen LogP contribution in [0.15, 0.2) is 64.3 Å². The van der Waals surface area contributed by atoms with Gasteiger partial charge in [-0.1, -0.05) is 30.4 Å². The summed E-state index contributed by atoms with van der Waals surface area (Å²) in [6.07, 6.45) is 4.71. The van der Waals surface area contributed by atoms with Gasteiger partial charge in [0.2, 0.25) is 0 Å². The van der Waals surface area contributed by atoms with Crippen LogP contribution in [0.3, 0.4) is 0 Å². The fourth-order valence-electron chi connectivity index (χ4n) is 2.96. The van der Waals surface area contributed by atoms with Crippen LogP contribution in [0.25, 0.3) is 0 Å². The molecule has 0 fully saturated rings. The van der Waals surface area contributed by atoms with Gasteiger partial charge in [0.15, 0.2) is 0 Å². The summed E-state index contributed by atoms with van der Waals surface area (Å²) in [6, 6.07) is 8.98. The van der Waals surface area contributed by atoms with Crippen molar-refractivity contribution in [3.05, 3.63) is 81.1 Å². The van der Waals surface area contributed by atoms with Crippen molar-refractivity contribution in [2.75, 3.05) is 13.7 Å². The van der Waals surface area contributed by atoms with Gasteiger partial charge in [0.05, 0.1) is 13.2 Å². The molecule has 8 heteroatoms. The molecule has 0 amide bonds. The van der Waals surface area contributed by atoms with Crippen LogP contribution in [0, 0.1) is 5.92 Å². The maximum Gasteiger partial charge on any atom is 0.507 e. The number of aromatic nitrogens is 2. The van der Waals surface area contributed by atoms with Crippen molar-refractivity contribution in [2.45, 2.75) is 12.5 Å². The average Bonchev–Trinajstić information content (AvgIpc) is 3.15. The smallest absolute Gasteiger partial charge is 0.438 e. The molecule has 0 N–H and O–H groups in total. The Labute approximate surface area is 154 Å². The van der Waals surface area contributed by atoms with E-state index < -0.39 is 23.3 Å². The van der Waals surface area contributed by atoms with E-state index in [4.69, 9.17) is 4.74 Å². The topological polar surface area (TPSA) is 96.6 Å². The molecule has 0 bridgehead atoms. The second-order valence-electron chi connectivity index (χ2n) is 6.06. The Bertz CT molecular complexity index is 989. The largest absolute Gasteiger partial charge is 0.507 e. The van der Waals surface area contributed by atoms with Crippen LogP contribution >= 0.6 is 0 Å². The molecule has 2 atom stereocenters. The molecule has 1 aromatic carbocycles. The van der Waals surface area contributed by atoms with Crippen molar-refractivity contribution in [3.63, 3.8) is 0 Å². The molecule has 1 heterocycles. The van der Waals surface area contributed by atoms with Crippen LogP contribution < -0.4 is 11.2 Å². The van der Waals surface area contributed by atoms with E-state index in [9.17, 15) is 19.2 Å². The van der Waals surface area contributed by atoms with Gasteiger partial charge < -0.3 is 9.47 Å². The number of ether oxygens (including phenoxy) is 2. The lowest BCUT2D eigenvalue weighted by Gasteiger charge is -2.16. The van der Waals surface area contributed by atoms with E-state index in [1.807, 2.05) is 6.08 Å². The van der Waals surface area contributed by atoms with Gasteiger partial charge in [-0.15, -0.1) is 0 Å². The first kappa shape index (κ1) is 18.4. The molecule has 1 aromatic heterocycles. The Kier molecular flexibility index (Phi) is 5.35. The van der Waals surface area contributed by atoms with E-state index >= 15 is 0 Å². The van der Waals surface area contributed by atoms with Gasteiger partial charge in [-0.3, -0.25) is 14.2 Å². The normalized spacial score (nSPS) is 18.3. The number of methoxy groups -OCH3 is 1. The first-order chi connectivity index (χ1) is 13.0. The maximum absolute atomic E-state index is 12.8. The van der Waals surface area contributed by atoms with E-state index in [1.165, 1.54) is 23.9 Å². The maximum atomic E-state index is 12.8. The Morgan fingerprint density at radius 2 is 1.85 bits per heavy atom. The third-order valence-electron chi connectivity index (χ3n) is 4.32. The molecule has 3 rings (SSSR count). The average molecular weight is 370 g/mol. The SMILES string of the molecule is COC(=O)OC[C@@H]1C=C[C@H](n2ccc(=O)n(C(=O)c3ccccc3)c2=O)C1. The molecule has 0 saturated heterocycles. The summed E-state index contributed by atoms with van der Waals surface area (Å²) in [7, 11) is 1.22. The van der Waals surface area contributed by atoms with Gasteiger partial charge in [0, 0.05) is 23.7 Å². The van der Waals surface area contributed by atoms with E-state index in [0.717, 1.165) is 0 Å². The molecular formula is C19H18N2O6. The number of hydrogen-bond donors (Lipinski definition) is 0. The van der Waals surface area contributed by atoms with Crippen LogP contribution in [-0.2, 0) is 9.47 Å². The summed E-state index contributed by atoms with van der Waals surface area (Å²) in [5.41, 5.74) is -1.14. The quantitative estimate of drug-likeness (QED) is 0.599. The Morgan fingerprint density at radius 1 is 1.11 bits per heavy atom. The fraction of sp³-hybridized carbons (Fsp3) is 0.263. The lowest BCUT2D eigenvalue weighted by Crippen LogP contribution is -2.43. The molecule has 0 aliphatic heterocycles. The highest BCUT2D eigenvalue weighted by molar-refractivity contribution is 5.95. The van der Waals surface area contributed by atoms with Crippen LogP contribution in [0.5, 0.6) is 0 Å². The highest BCUT2D eigenvalue weighted by atomic mass is 16.7. The zero-order valence-corrected chi connectivity index (χ0v) is 14.6. The van der Waals surface area contributed by atoms with E-state index in [-0.39, 0.29) is 24.1 Å². The van der Waals surface area contributed by atoms with Gasteiger partial charge in [-0.05, 0) is 18.6 Å². The summed E-state index contributed by atoms with van der Waals surface area (Å²) in [4.78, 5) is 48.6. The third-order valence-corrected chi connectivity index (χ3v) is 4.32. The molecule has 0 saturated carbocycles. The van der Waals surface area contributed by atoms with E-state index in [1.54, 1.807) is 36.4 Å². The summed E-state index contributed by atoms with van der Waals surface area (Å²) < 4.78 is 11.3. The lowest BCUT2D eigenvalue weighted by molar-refractivity contribution is 0.0640. The second kappa shape index (κ2) is 7.86. The third kappa shape index (κ3) is 3.89.